The molecule has 0 radical (unpaired) electrons. The van der Waals surface area contributed by atoms with Gasteiger partial charge in [-0.3, -0.25) is 15.4 Å². The number of anilines is 1. The van der Waals surface area contributed by atoms with Crippen LogP contribution < -0.4 is 22.2 Å². The number of benzene rings is 1. The van der Waals surface area contributed by atoms with Crippen LogP contribution in [0, 0.1) is 11.8 Å². The van der Waals surface area contributed by atoms with Crippen molar-refractivity contribution in [2.75, 3.05) is 18.4 Å². The summed E-state index contributed by atoms with van der Waals surface area (Å²) < 4.78 is 39.1. The molecule has 0 spiro atoms. The monoisotopic (exact) mass is 469 g/mol. The molecule has 0 bridgehead atoms. The van der Waals surface area contributed by atoms with E-state index in [-0.39, 0.29) is 11.6 Å². The number of alkyl halides is 3. The lowest BCUT2D eigenvalue weighted by molar-refractivity contribution is -0.137. The highest BCUT2D eigenvalue weighted by Gasteiger charge is 2.32. The normalized spacial score (nSPS) is 20.0. The molecule has 1 aliphatic carbocycles. The van der Waals surface area contributed by atoms with Crippen molar-refractivity contribution in [1.82, 2.24) is 10.3 Å². The number of nitrogens with zero attached hydrogens (tertiary/aromatic N) is 1. The van der Waals surface area contributed by atoms with Crippen LogP contribution in [0.15, 0.2) is 24.3 Å². The second kappa shape index (κ2) is 11.3. The van der Waals surface area contributed by atoms with Crippen molar-refractivity contribution in [2.45, 2.75) is 69.6 Å². The number of halogens is 3. The quantitative estimate of drug-likeness (QED) is 0.415. The first-order valence-corrected chi connectivity index (χ1v) is 11.7. The average Bonchev–Trinajstić information content (AvgIpc) is 2.75. The molecule has 33 heavy (non-hydrogen) atoms. The fourth-order valence-electron chi connectivity index (χ4n) is 4.65. The van der Waals surface area contributed by atoms with E-state index in [1.807, 2.05) is 0 Å². The van der Waals surface area contributed by atoms with Crippen LogP contribution in [-0.2, 0) is 15.8 Å². The Hall–Kier alpha value is -2.17. The number of hydrogen-bond donors (Lipinski definition) is 4. The highest BCUT2D eigenvalue weighted by atomic mass is 19.4. The van der Waals surface area contributed by atoms with E-state index in [9.17, 15) is 22.8 Å². The van der Waals surface area contributed by atoms with Crippen LogP contribution in [0.1, 0.15) is 56.9 Å². The maximum absolute atomic E-state index is 13.0. The smallest absolute Gasteiger partial charge is 0.343 e. The summed E-state index contributed by atoms with van der Waals surface area (Å²) in [7, 11) is 0. The van der Waals surface area contributed by atoms with Gasteiger partial charge in [-0.05, 0) is 49.3 Å². The zero-order chi connectivity index (χ0) is 24.0. The number of hydrogen-bond acceptors (Lipinski definition) is 5. The minimum absolute atomic E-state index is 0.0357. The van der Waals surface area contributed by atoms with E-state index < -0.39 is 35.6 Å². The molecule has 10 heteroatoms. The molecule has 6 N–H and O–H groups in total. The van der Waals surface area contributed by atoms with E-state index in [2.05, 4.69) is 10.6 Å². The van der Waals surface area contributed by atoms with Crippen LogP contribution in [-0.4, -0.2) is 42.0 Å². The molecule has 2 amide bonds. The molecule has 2 unspecified atom stereocenters. The van der Waals surface area contributed by atoms with Gasteiger partial charge in [-0.25, -0.2) is 5.01 Å². The third-order valence-corrected chi connectivity index (χ3v) is 6.59. The van der Waals surface area contributed by atoms with Crippen LogP contribution in [0.5, 0.6) is 0 Å². The van der Waals surface area contributed by atoms with Crippen molar-refractivity contribution in [2.24, 2.45) is 23.4 Å². The van der Waals surface area contributed by atoms with E-state index in [0.717, 1.165) is 44.2 Å². The van der Waals surface area contributed by atoms with E-state index >= 15 is 0 Å². The van der Waals surface area contributed by atoms with E-state index in [1.54, 1.807) is 5.01 Å². The maximum Gasteiger partial charge on any atom is 0.416 e. The topological polar surface area (TPSA) is 113 Å². The van der Waals surface area contributed by atoms with Crippen molar-refractivity contribution in [1.29, 1.82) is 0 Å². The molecule has 2 fully saturated rings. The first-order valence-electron chi connectivity index (χ1n) is 11.7. The van der Waals surface area contributed by atoms with Crippen LogP contribution in [0.3, 0.4) is 0 Å². The zero-order valence-corrected chi connectivity index (χ0v) is 18.7. The standard InChI is InChI=1S/C23H34F3N5O2/c24-23(25,26)17-7-4-8-18(12-17)29-22(33)20(10-9-15-5-2-1-3-6-15)30-21(32)19(27)11-16-13-31(28)14-16/h4,7-8,12,15-16,19-20H,1-3,5-6,9-11,13-14,27-28H2,(H,29,33)(H,30,32). The van der Waals surface area contributed by atoms with Gasteiger partial charge >= 0.3 is 6.18 Å². The average molecular weight is 470 g/mol. The summed E-state index contributed by atoms with van der Waals surface area (Å²) in [5.74, 6) is 5.38. The van der Waals surface area contributed by atoms with E-state index in [1.165, 1.54) is 18.6 Å². The SMILES string of the molecule is NC(CC1CN(N)C1)C(=O)NC(CCC1CCCCC1)C(=O)Nc1cccc(C(F)(F)F)c1. The Labute approximate surface area is 192 Å². The predicted molar refractivity (Wildman–Crippen MR) is 120 cm³/mol. The summed E-state index contributed by atoms with van der Waals surface area (Å²) >= 11 is 0. The number of nitrogens with two attached hydrogens (primary N) is 2. The van der Waals surface area contributed by atoms with Crippen LogP contribution in [0.2, 0.25) is 0 Å². The van der Waals surface area contributed by atoms with Crippen molar-refractivity contribution in [3.8, 4) is 0 Å². The summed E-state index contributed by atoms with van der Waals surface area (Å²) in [6.07, 6.45) is 2.83. The molecule has 1 aromatic carbocycles. The van der Waals surface area contributed by atoms with Gasteiger partial charge in [0.25, 0.3) is 0 Å². The third kappa shape index (κ3) is 7.68. The molecule has 1 heterocycles. The summed E-state index contributed by atoms with van der Waals surface area (Å²) in [6, 6.07) is 2.82. The second-order valence-electron chi connectivity index (χ2n) is 9.37. The van der Waals surface area contributed by atoms with Gasteiger partial charge in [0, 0.05) is 18.8 Å². The first kappa shape index (κ1) is 25.5. The van der Waals surface area contributed by atoms with Gasteiger partial charge in [0.1, 0.15) is 6.04 Å². The molecule has 7 nitrogen and oxygen atoms in total. The van der Waals surface area contributed by atoms with Crippen molar-refractivity contribution in [3.05, 3.63) is 29.8 Å². The molecular formula is C23H34F3N5O2. The van der Waals surface area contributed by atoms with Crippen LogP contribution in [0.25, 0.3) is 0 Å². The Balaban J connectivity index is 1.63. The lowest BCUT2D eigenvalue weighted by Crippen LogP contribution is -2.55. The van der Waals surface area contributed by atoms with Gasteiger partial charge < -0.3 is 16.4 Å². The maximum atomic E-state index is 13.0. The van der Waals surface area contributed by atoms with Gasteiger partial charge in [-0.2, -0.15) is 13.2 Å². The lowest BCUT2D eigenvalue weighted by Gasteiger charge is -2.36. The largest absolute Gasteiger partial charge is 0.416 e. The lowest BCUT2D eigenvalue weighted by atomic mass is 9.85. The second-order valence-corrected chi connectivity index (χ2v) is 9.37. The summed E-state index contributed by atoms with van der Waals surface area (Å²) in [4.78, 5) is 25.7. The minimum Gasteiger partial charge on any atom is -0.343 e. The molecule has 1 saturated carbocycles. The Morgan fingerprint density at radius 1 is 1.09 bits per heavy atom. The van der Waals surface area contributed by atoms with Crippen molar-refractivity contribution < 1.29 is 22.8 Å². The molecule has 1 saturated heterocycles. The molecule has 1 aliphatic heterocycles. The Kier molecular flexibility index (Phi) is 8.72. The zero-order valence-electron chi connectivity index (χ0n) is 18.7. The molecule has 2 aliphatic rings. The van der Waals surface area contributed by atoms with E-state index in [0.29, 0.717) is 31.8 Å². The van der Waals surface area contributed by atoms with Crippen molar-refractivity contribution in [3.63, 3.8) is 0 Å². The first-order chi connectivity index (χ1) is 15.6. The Bertz CT molecular complexity index is 808. The minimum atomic E-state index is -4.51. The predicted octanol–water partition coefficient (Wildman–Crippen LogP) is 3.01. The van der Waals surface area contributed by atoms with Gasteiger partial charge in [-0.1, -0.05) is 38.2 Å². The number of nitrogens with one attached hydrogen (secondary N) is 2. The molecule has 3 rings (SSSR count). The van der Waals surface area contributed by atoms with Gasteiger partial charge in [0.2, 0.25) is 11.8 Å². The summed E-state index contributed by atoms with van der Waals surface area (Å²) in [6.45, 7) is 1.34. The fraction of sp³-hybridized carbons (Fsp3) is 0.652. The molecule has 2 atom stereocenters. The molecular weight excluding hydrogens is 435 g/mol. The van der Waals surface area contributed by atoms with E-state index in [4.69, 9.17) is 11.6 Å². The van der Waals surface area contributed by atoms with Crippen LogP contribution >= 0.6 is 0 Å². The Morgan fingerprint density at radius 3 is 2.42 bits per heavy atom. The highest BCUT2D eigenvalue weighted by molar-refractivity contribution is 5.97. The number of carbonyl (C=O) groups is 2. The molecule has 0 aromatic heterocycles. The number of carbonyl (C=O) groups excluding carboxylic acids is 2. The molecule has 1 aromatic rings. The van der Waals surface area contributed by atoms with Gasteiger partial charge in [-0.15, -0.1) is 0 Å². The van der Waals surface area contributed by atoms with Gasteiger partial charge in [0.15, 0.2) is 0 Å². The number of amides is 2. The summed E-state index contributed by atoms with van der Waals surface area (Å²) in [5, 5.41) is 6.92. The number of rotatable bonds is 9. The number of hydrazine groups is 1. The summed E-state index contributed by atoms with van der Waals surface area (Å²) in [5.41, 5.74) is 5.24. The highest BCUT2D eigenvalue weighted by Crippen LogP contribution is 2.31. The fourth-order valence-corrected chi connectivity index (χ4v) is 4.65. The third-order valence-electron chi connectivity index (χ3n) is 6.59. The Morgan fingerprint density at radius 2 is 1.79 bits per heavy atom. The van der Waals surface area contributed by atoms with Crippen LogP contribution in [0.4, 0.5) is 18.9 Å². The van der Waals surface area contributed by atoms with Gasteiger partial charge in [0.05, 0.1) is 11.6 Å². The van der Waals surface area contributed by atoms with Crippen molar-refractivity contribution >= 4 is 17.5 Å². The molecule has 184 valence electrons.